The molecule has 1 fully saturated rings. The van der Waals surface area contributed by atoms with E-state index in [2.05, 4.69) is 24.3 Å². The first-order valence-electron chi connectivity index (χ1n) is 7.70. The Hall–Kier alpha value is -2.13. The Morgan fingerprint density at radius 1 is 0.818 bits per heavy atom. The lowest BCUT2D eigenvalue weighted by Gasteiger charge is -2.44. The van der Waals surface area contributed by atoms with Crippen molar-refractivity contribution in [1.29, 1.82) is 0 Å². The molecule has 0 atom stereocenters. The molecular formula is C19H21NO2. The van der Waals surface area contributed by atoms with Crippen molar-refractivity contribution in [3.05, 3.63) is 71.8 Å². The second-order valence-electron chi connectivity index (χ2n) is 6.28. The number of hydrogen-bond donors (Lipinski definition) is 2. The zero-order valence-electron chi connectivity index (χ0n) is 12.5. The molecule has 0 heterocycles. The van der Waals surface area contributed by atoms with Crippen molar-refractivity contribution < 1.29 is 9.90 Å². The molecule has 22 heavy (non-hydrogen) atoms. The molecule has 3 rings (SSSR count). The van der Waals surface area contributed by atoms with Crippen molar-refractivity contribution in [3.8, 4) is 0 Å². The van der Waals surface area contributed by atoms with Gasteiger partial charge < -0.3 is 10.8 Å². The Morgan fingerprint density at radius 2 is 1.23 bits per heavy atom. The summed E-state index contributed by atoms with van der Waals surface area (Å²) in [5.74, 6) is -0.887. The lowest BCUT2D eigenvalue weighted by molar-refractivity contribution is -0.145. The van der Waals surface area contributed by atoms with Crippen molar-refractivity contribution >= 4 is 5.97 Å². The summed E-state index contributed by atoms with van der Waals surface area (Å²) in [6, 6.07) is 20.7. The van der Waals surface area contributed by atoms with Crippen molar-refractivity contribution in [2.45, 2.75) is 36.6 Å². The quantitative estimate of drug-likeness (QED) is 0.913. The predicted molar refractivity (Wildman–Crippen MR) is 86.7 cm³/mol. The maximum Gasteiger partial charge on any atom is 0.323 e. The summed E-state index contributed by atoms with van der Waals surface area (Å²) in [6.07, 6.45) is 2.49. The number of carboxylic acids is 1. The third kappa shape index (κ3) is 2.42. The van der Waals surface area contributed by atoms with E-state index in [0.717, 1.165) is 12.8 Å². The first-order chi connectivity index (χ1) is 10.6. The molecule has 1 aliphatic rings. The molecule has 2 aromatic rings. The van der Waals surface area contributed by atoms with Crippen LogP contribution in [0.15, 0.2) is 60.7 Å². The van der Waals surface area contributed by atoms with Crippen molar-refractivity contribution in [2.24, 2.45) is 5.73 Å². The molecule has 0 aliphatic heterocycles. The fraction of sp³-hybridized carbons (Fsp3) is 0.316. The average molecular weight is 295 g/mol. The van der Waals surface area contributed by atoms with Gasteiger partial charge >= 0.3 is 5.97 Å². The lowest BCUT2D eigenvalue weighted by atomic mass is 9.61. The summed E-state index contributed by atoms with van der Waals surface area (Å²) < 4.78 is 0. The number of aliphatic carboxylic acids is 1. The molecule has 0 radical (unpaired) electrons. The average Bonchev–Trinajstić information content (AvgIpc) is 2.57. The van der Waals surface area contributed by atoms with Crippen LogP contribution in [-0.2, 0) is 10.2 Å². The summed E-state index contributed by atoms with van der Waals surface area (Å²) in [5.41, 5.74) is 7.34. The zero-order chi connectivity index (χ0) is 15.6. The molecule has 3 N–H and O–H groups in total. The van der Waals surface area contributed by atoms with Crippen LogP contribution in [0.2, 0.25) is 0 Å². The van der Waals surface area contributed by atoms with Gasteiger partial charge in [0.1, 0.15) is 5.54 Å². The van der Waals surface area contributed by atoms with E-state index >= 15 is 0 Å². The molecule has 114 valence electrons. The van der Waals surface area contributed by atoms with Crippen LogP contribution in [0.25, 0.3) is 0 Å². The molecular weight excluding hydrogens is 274 g/mol. The molecule has 1 aliphatic carbocycles. The molecule has 1 saturated carbocycles. The minimum absolute atomic E-state index is 0.138. The highest BCUT2D eigenvalue weighted by Crippen LogP contribution is 2.47. The van der Waals surface area contributed by atoms with E-state index in [1.54, 1.807) is 0 Å². The molecule has 0 amide bonds. The highest BCUT2D eigenvalue weighted by Gasteiger charge is 2.46. The van der Waals surface area contributed by atoms with Crippen molar-refractivity contribution in [2.75, 3.05) is 0 Å². The summed E-state index contributed by atoms with van der Waals surface area (Å²) in [6.45, 7) is 0. The fourth-order valence-corrected chi connectivity index (χ4v) is 3.60. The summed E-state index contributed by atoms with van der Waals surface area (Å²) in [5, 5.41) is 9.38. The van der Waals surface area contributed by atoms with Crippen LogP contribution in [0.4, 0.5) is 0 Å². The number of carbonyl (C=O) groups is 1. The Kier molecular flexibility index (Phi) is 3.75. The van der Waals surface area contributed by atoms with Gasteiger partial charge in [0, 0.05) is 5.41 Å². The van der Waals surface area contributed by atoms with E-state index < -0.39 is 11.5 Å². The number of benzene rings is 2. The van der Waals surface area contributed by atoms with Gasteiger partial charge in [0.15, 0.2) is 0 Å². The van der Waals surface area contributed by atoms with E-state index in [1.165, 1.54) is 11.1 Å². The van der Waals surface area contributed by atoms with E-state index in [0.29, 0.717) is 12.8 Å². The van der Waals surface area contributed by atoms with Gasteiger partial charge in [-0.05, 0) is 36.8 Å². The molecule has 3 heteroatoms. The predicted octanol–water partition coefficient (Wildman–Crippen LogP) is 3.33. The molecule has 0 aromatic heterocycles. The van der Waals surface area contributed by atoms with Gasteiger partial charge in [-0.15, -0.1) is 0 Å². The highest BCUT2D eigenvalue weighted by molar-refractivity contribution is 5.78. The first-order valence-corrected chi connectivity index (χ1v) is 7.70. The molecule has 0 bridgehead atoms. The van der Waals surface area contributed by atoms with Crippen LogP contribution in [0, 0.1) is 0 Å². The largest absolute Gasteiger partial charge is 0.480 e. The maximum absolute atomic E-state index is 11.4. The third-order valence-corrected chi connectivity index (χ3v) is 5.07. The monoisotopic (exact) mass is 295 g/mol. The second-order valence-corrected chi connectivity index (χ2v) is 6.28. The Bertz CT molecular complexity index is 602. The van der Waals surface area contributed by atoms with Crippen molar-refractivity contribution in [1.82, 2.24) is 0 Å². The lowest BCUT2D eigenvalue weighted by Crippen LogP contribution is -2.53. The molecule has 0 spiro atoms. The van der Waals surface area contributed by atoms with Gasteiger partial charge in [-0.2, -0.15) is 0 Å². The topological polar surface area (TPSA) is 63.3 Å². The Labute approximate surface area is 130 Å². The third-order valence-electron chi connectivity index (χ3n) is 5.07. The zero-order valence-corrected chi connectivity index (χ0v) is 12.5. The van der Waals surface area contributed by atoms with Gasteiger partial charge in [0.05, 0.1) is 0 Å². The van der Waals surface area contributed by atoms with E-state index in [-0.39, 0.29) is 5.41 Å². The molecule has 0 saturated heterocycles. The van der Waals surface area contributed by atoms with Crippen LogP contribution in [0.1, 0.15) is 36.8 Å². The summed E-state index contributed by atoms with van der Waals surface area (Å²) in [4.78, 5) is 11.4. The van der Waals surface area contributed by atoms with Gasteiger partial charge in [-0.3, -0.25) is 4.79 Å². The van der Waals surface area contributed by atoms with Gasteiger partial charge in [-0.25, -0.2) is 0 Å². The molecule has 3 nitrogen and oxygen atoms in total. The second kappa shape index (κ2) is 5.58. The smallest absolute Gasteiger partial charge is 0.323 e. The molecule has 0 unspecified atom stereocenters. The minimum Gasteiger partial charge on any atom is -0.480 e. The fourth-order valence-electron chi connectivity index (χ4n) is 3.60. The van der Waals surface area contributed by atoms with Gasteiger partial charge in [0.2, 0.25) is 0 Å². The number of nitrogens with two attached hydrogens (primary N) is 1. The van der Waals surface area contributed by atoms with Crippen LogP contribution in [0.5, 0.6) is 0 Å². The minimum atomic E-state index is -1.09. The Balaban J connectivity index is 2.02. The number of carboxylic acid groups (broad SMARTS) is 1. The first kappa shape index (κ1) is 14.8. The van der Waals surface area contributed by atoms with Crippen LogP contribution < -0.4 is 5.73 Å². The maximum atomic E-state index is 11.4. The molecule has 2 aromatic carbocycles. The SMILES string of the molecule is NC1(C(=O)O)CCC(c2ccccc2)(c2ccccc2)CC1. The van der Waals surface area contributed by atoms with E-state index in [4.69, 9.17) is 5.73 Å². The van der Waals surface area contributed by atoms with Crippen LogP contribution in [0.3, 0.4) is 0 Å². The summed E-state index contributed by atoms with van der Waals surface area (Å²) in [7, 11) is 0. The Morgan fingerprint density at radius 3 is 1.59 bits per heavy atom. The van der Waals surface area contributed by atoms with E-state index in [9.17, 15) is 9.90 Å². The van der Waals surface area contributed by atoms with Crippen molar-refractivity contribution in [3.63, 3.8) is 0 Å². The number of hydrogen-bond acceptors (Lipinski definition) is 2. The van der Waals surface area contributed by atoms with Gasteiger partial charge in [-0.1, -0.05) is 60.7 Å². The van der Waals surface area contributed by atoms with Crippen LogP contribution >= 0.6 is 0 Å². The highest BCUT2D eigenvalue weighted by atomic mass is 16.4. The van der Waals surface area contributed by atoms with Crippen LogP contribution in [-0.4, -0.2) is 16.6 Å². The standard InChI is InChI=1S/C19H21NO2/c20-19(17(21)22)13-11-18(12-14-19,15-7-3-1-4-8-15)16-9-5-2-6-10-16/h1-10H,11-14,20H2,(H,21,22). The normalized spacial score (nSPS) is 19.5. The number of rotatable bonds is 3. The van der Waals surface area contributed by atoms with E-state index in [1.807, 2.05) is 36.4 Å². The summed E-state index contributed by atoms with van der Waals surface area (Å²) >= 11 is 0. The van der Waals surface area contributed by atoms with Gasteiger partial charge in [0.25, 0.3) is 0 Å².